The summed E-state index contributed by atoms with van der Waals surface area (Å²) < 4.78 is 34.0. The molecule has 134 valence electrons. The van der Waals surface area contributed by atoms with Crippen molar-refractivity contribution in [3.05, 3.63) is 40.3 Å². The van der Waals surface area contributed by atoms with Crippen LogP contribution in [0, 0.1) is 11.6 Å². The van der Waals surface area contributed by atoms with Gasteiger partial charge in [0.2, 0.25) is 5.91 Å². The van der Waals surface area contributed by atoms with Crippen molar-refractivity contribution in [1.82, 2.24) is 14.8 Å². The highest BCUT2D eigenvalue weighted by Crippen LogP contribution is 2.20. The van der Waals surface area contributed by atoms with Gasteiger partial charge in [-0.2, -0.15) is 0 Å². The maximum absolute atomic E-state index is 13.5. The van der Waals surface area contributed by atoms with Gasteiger partial charge in [0.1, 0.15) is 17.3 Å². The maximum Gasteiger partial charge on any atom is 0.344 e. The van der Waals surface area contributed by atoms with Gasteiger partial charge in [-0.3, -0.25) is 9.36 Å². The van der Waals surface area contributed by atoms with Gasteiger partial charge in [0.15, 0.2) is 5.16 Å². The Morgan fingerprint density at radius 1 is 1.44 bits per heavy atom. The zero-order valence-corrected chi connectivity index (χ0v) is 13.9. The van der Waals surface area contributed by atoms with E-state index in [1.807, 2.05) is 0 Å². The average molecular weight is 370 g/mol. The van der Waals surface area contributed by atoms with Crippen molar-refractivity contribution in [3.8, 4) is 0 Å². The van der Waals surface area contributed by atoms with E-state index in [1.54, 1.807) is 0 Å². The first-order chi connectivity index (χ1) is 12.0. The SMILES string of the molecule is O=C(CSc1n[nH]c(=O)n1C[C@@H]1CCCO1)Nc1c(F)cccc1F. The van der Waals surface area contributed by atoms with Crippen LogP contribution in [0.5, 0.6) is 0 Å². The van der Waals surface area contributed by atoms with Crippen LogP contribution in [0.15, 0.2) is 28.2 Å². The second kappa shape index (κ2) is 7.79. The molecular weight excluding hydrogens is 354 g/mol. The number of nitrogens with one attached hydrogen (secondary N) is 2. The number of carbonyl (C=O) groups is 1. The first-order valence-electron chi connectivity index (χ1n) is 7.68. The minimum absolute atomic E-state index is 0.0593. The molecule has 1 saturated heterocycles. The van der Waals surface area contributed by atoms with Crippen LogP contribution >= 0.6 is 11.8 Å². The van der Waals surface area contributed by atoms with Crippen molar-refractivity contribution in [2.75, 3.05) is 17.7 Å². The Hall–Kier alpha value is -2.20. The number of anilines is 1. The molecule has 0 bridgehead atoms. The third-order valence-electron chi connectivity index (χ3n) is 3.69. The smallest absolute Gasteiger partial charge is 0.344 e. The molecule has 25 heavy (non-hydrogen) atoms. The van der Waals surface area contributed by atoms with Crippen molar-refractivity contribution >= 4 is 23.4 Å². The fourth-order valence-corrected chi connectivity index (χ4v) is 3.25. The van der Waals surface area contributed by atoms with E-state index in [0.29, 0.717) is 18.3 Å². The van der Waals surface area contributed by atoms with Crippen LogP contribution in [0.25, 0.3) is 0 Å². The summed E-state index contributed by atoms with van der Waals surface area (Å²) in [6, 6.07) is 3.32. The largest absolute Gasteiger partial charge is 0.376 e. The molecule has 1 atom stereocenters. The van der Waals surface area contributed by atoms with Crippen LogP contribution in [-0.4, -0.2) is 39.1 Å². The van der Waals surface area contributed by atoms with Crippen LogP contribution < -0.4 is 11.0 Å². The molecule has 1 fully saturated rings. The van der Waals surface area contributed by atoms with Crippen LogP contribution in [-0.2, 0) is 16.1 Å². The topological polar surface area (TPSA) is 89.0 Å². The molecule has 1 amide bonds. The molecule has 1 aromatic heterocycles. The fraction of sp³-hybridized carbons (Fsp3) is 0.400. The van der Waals surface area contributed by atoms with E-state index in [9.17, 15) is 18.4 Å². The summed E-state index contributed by atoms with van der Waals surface area (Å²) in [5.74, 6) is -2.46. The number of nitrogens with zero attached hydrogens (tertiary/aromatic N) is 2. The van der Waals surface area contributed by atoms with E-state index in [0.717, 1.165) is 36.7 Å². The number of thioether (sulfide) groups is 1. The number of hydrogen-bond donors (Lipinski definition) is 2. The monoisotopic (exact) mass is 370 g/mol. The number of rotatable bonds is 6. The Kier molecular flexibility index (Phi) is 5.49. The zero-order chi connectivity index (χ0) is 17.8. The number of aromatic nitrogens is 3. The summed E-state index contributed by atoms with van der Waals surface area (Å²) in [5.41, 5.74) is -0.884. The lowest BCUT2D eigenvalue weighted by Crippen LogP contribution is -2.25. The Morgan fingerprint density at radius 3 is 2.88 bits per heavy atom. The number of H-pyrrole nitrogens is 1. The number of hydrogen-bond acceptors (Lipinski definition) is 5. The number of para-hydroxylation sites is 1. The molecule has 2 aromatic rings. The maximum atomic E-state index is 13.5. The minimum atomic E-state index is -0.853. The summed E-state index contributed by atoms with van der Waals surface area (Å²) in [6.07, 6.45) is 1.74. The van der Waals surface area contributed by atoms with Crippen LogP contribution in [0.2, 0.25) is 0 Å². The number of aromatic amines is 1. The molecule has 0 radical (unpaired) electrons. The standard InChI is InChI=1S/C15H16F2N4O3S/c16-10-4-1-5-11(17)13(10)18-12(22)8-25-15-20-19-14(23)21(15)7-9-3-2-6-24-9/h1,4-5,9H,2-3,6-8H2,(H,18,22)(H,19,23)/t9-/m0/s1. The molecule has 7 nitrogen and oxygen atoms in total. The Balaban J connectivity index is 1.61. The normalized spacial score (nSPS) is 17.0. The summed E-state index contributed by atoms with van der Waals surface area (Å²) in [5, 5.41) is 8.72. The first kappa shape index (κ1) is 17.6. The van der Waals surface area contributed by atoms with Gasteiger partial charge >= 0.3 is 5.69 Å². The Labute approximate surface area is 145 Å². The highest BCUT2D eigenvalue weighted by Gasteiger charge is 2.20. The minimum Gasteiger partial charge on any atom is -0.376 e. The average Bonchev–Trinajstić information content (AvgIpc) is 3.21. The van der Waals surface area contributed by atoms with E-state index in [1.165, 1.54) is 10.6 Å². The second-order valence-electron chi connectivity index (χ2n) is 5.49. The molecule has 2 N–H and O–H groups in total. The van der Waals surface area contributed by atoms with Gasteiger partial charge < -0.3 is 10.1 Å². The predicted molar refractivity (Wildman–Crippen MR) is 87.5 cm³/mol. The number of carbonyl (C=O) groups excluding carboxylic acids is 1. The van der Waals surface area contributed by atoms with Crippen molar-refractivity contribution in [2.24, 2.45) is 0 Å². The summed E-state index contributed by atoms with van der Waals surface area (Å²) in [4.78, 5) is 23.8. The first-order valence-corrected chi connectivity index (χ1v) is 8.66. The van der Waals surface area contributed by atoms with E-state index < -0.39 is 28.9 Å². The molecule has 3 rings (SSSR count). The van der Waals surface area contributed by atoms with Gasteiger partial charge in [-0.1, -0.05) is 17.8 Å². The highest BCUT2D eigenvalue weighted by atomic mass is 32.2. The molecule has 2 heterocycles. The molecule has 0 spiro atoms. The molecule has 0 saturated carbocycles. The molecular formula is C15H16F2N4O3S. The zero-order valence-electron chi connectivity index (χ0n) is 13.1. The van der Waals surface area contributed by atoms with Crippen LogP contribution in [0.4, 0.5) is 14.5 Å². The van der Waals surface area contributed by atoms with E-state index >= 15 is 0 Å². The number of ether oxygens (including phenoxy) is 1. The quantitative estimate of drug-likeness (QED) is 0.757. The lowest BCUT2D eigenvalue weighted by atomic mass is 10.2. The van der Waals surface area contributed by atoms with Gasteiger partial charge in [-0.25, -0.2) is 18.7 Å². The van der Waals surface area contributed by atoms with E-state index in [4.69, 9.17) is 4.74 Å². The molecule has 1 aliphatic heterocycles. The predicted octanol–water partition coefficient (Wildman–Crippen LogP) is 1.76. The van der Waals surface area contributed by atoms with Crippen molar-refractivity contribution in [3.63, 3.8) is 0 Å². The van der Waals surface area contributed by atoms with Crippen LogP contribution in [0.1, 0.15) is 12.8 Å². The van der Waals surface area contributed by atoms with Gasteiger partial charge in [0.25, 0.3) is 0 Å². The van der Waals surface area contributed by atoms with Gasteiger partial charge in [-0.15, -0.1) is 5.10 Å². The molecule has 1 aliphatic rings. The third kappa shape index (κ3) is 4.26. The Bertz CT molecular complexity index is 797. The highest BCUT2D eigenvalue weighted by molar-refractivity contribution is 7.99. The van der Waals surface area contributed by atoms with Gasteiger partial charge in [-0.05, 0) is 25.0 Å². The molecule has 10 heteroatoms. The number of benzene rings is 1. The number of halogens is 2. The Morgan fingerprint density at radius 2 is 2.20 bits per heavy atom. The van der Waals surface area contributed by atoms with Gasteiger partial charge in [0, 0.05) is 6.61 Å². The lowest BCUT2D eigenvalue weighted by molar-refractivity contribution is -0.113. The van der Waals surface area contributed by atoms with Crippen LogP contribution in [0.3, 0.4) is 0 Å². The molecule has 0 aliphatic carbocycles. The lowest BCUT2D eigenvalue weighted by Gasteiger charge is -2.11. The van der Waals surface area contributed by atoms with Gasteiger partial charge in [0.05, 0.1) is 18.4 Å². The summed E-state index contributed by atoms with van der Waals surface area (Å²) in [6.45, 7) is 1.01. The second-order valence-corrected chi connectivity index (χ2v) is 6.43. The molecule has 1 aromatic carbocycles. The summed E-state index contributed by atoms with van der Waals surface area (Å²) in [7, 11) is 0. The third-order valence-corrected chi connectivity index (χ3v) is 4.67. The van der Waals surface area contributed by atoms with Crippen molar-refractivity contribution < 1.29 is 18.3 Å². The van der Waals surface area contributed by atoms with E-state index in [-0.39, 0.29) is 11.9 Å². The van der Waals surface area contributed by atoms with Crippen molar-refractivity contribution in [1.29, 1.82) is 0 Å². The molecule has 0 unspecified atom stereocenters. The fourth-order valence-electron chi connectivity index (χ4n) is 2.49. The number of amides is 1. The summed E-state index contributed by atoms with van der Waals surface area (Å²) >= 11 is 0.998. The van der Waals surface area contributed by atoms with E-state index in [2.05, 4.69) is 15.5 Å². The van der Waals surface area contributed by atoms with Crippen molar-refractivity contribution in [2.45, 2.75) is 30.6 Å².